The number of benzene rings is 1. The molecule has 1 aromatic carbocycles. The van der Waals surface area contributed by atoms with Gasteiger partial charge in [-0.25, -0.2) is 0 Å². The van der Waals surface area contributed by atoms with Gasteiger partial charge in [0.15, 0.2) is 0 Å². The van der Waals surface area contributed by atoms with Crippen LogP contribution in [-0.4, -0.2) is 51.2 Å². The predicted octanol–water partition coefficient (Wildman–Crippen LogP) is 0.251. The maximum atomic E-state index is 12.4. The number of rotatable bonds is 7. The number of hydrogen-bond donors (Lipinski definition) is 3. The minimum atomic E-state index is -0.217. The molecular weight excluding hydrogens is 350 g/mol. The Balaban J connectivity index is 1.57. The van der Waals surface area contributed by atoms with Gasteiger partial charge in [0.2, 0.25) is 5.91 Å². The van der Waals surface area contributed by atoms with E-state index in [1.165, 1.54) is 16.2 Å². The number of thiophene rings is 1. The number of ether oxygens (including phenoxy) is 1. The van der Waals surface area contributed by atoms with E-state index < -0.39 is 0 Å². The third-order valence-electron chi connectivity index (χ3n) is 4.38. The standard InChI is InChI=1S/C19H23N3O3S/c23-18(13-20-19(24)17-7-4-12-26-17)21-16(15-5-2-1-3-6-15)14-22-8-10-25-11-9-22/h1-7,12,16H,8-11,13-14H2,(H,20,24)(H,21,23)/p+1/t16-/m0/s1. The van der Waals surface area contributed by atoms with Gasteiger partial charge in [-0.15, -0.1) is 11.3 Å². The van der Waals surface area contributed by atoms with E-state index in [-0.39, 0.29) is 24.4 Å². The van der Waals surface area contributed by atoms with E-state index in [0.29, 0.717) is 4.88 Å². The first-order valence-corrected chi connectivity index (χ1v) is 9.67. The number of amides is 2. The van der Waals surface area contributed by atoms with Crippen LogP contribution in [0.2, 0.25) is 0 Å². The van der Waals surface area contributed by atoms with Crippen LogP contribution in [0.15, 0.2) is 47.8 Å². The van der Waals surface area contributed by atoms with Gasteiger partial charge in [-0.3, -0.25) is 9.59 Å². The van der Waals surface area contributed by atoms with Crippen molar-refractivity contribution in [2.75, 3.05) is 39.4 Å². The molecule has 7 heteroatoms. The zero-order valence-corrected chi connectivity index (χ0v) is 15.4. The highest BCUT2D eigenvalue weighted by atomic mass is 32.1. The van der Waals surface area contributed by atoms with Crippen molar-refractivity contribution in [1.82, 2.24) is 10.6 Å². The summed E-state index contributed by atoms with van der Waals surface area (Å²) < 4.78 is 5.41. The van der Waals surface area contributed by atoms with Gasteiger partial charge in [-0.2, -0.15) is 0 Å². The van der Waals surface area contributed by atoms with Gasteiger partial charge < -0.3 is 20.3 Å². The summed E-state index contributed by atoms with van der Waals surface area (Å²) in [6.45, 7) is 4.16. The molecule has 2 amide bonds. The molecule has 0 saturated carbocycles. The van der Waals surface area contributed by atoms with Gasteiger partial charge in [0.05, 0.1) is 24.6 Å². The van der Waals surface area contributed by atoms with E-state index in [4.69, 9.17) is 4.74 Å². The zero-order chi connectivity index (χ0) is 18.2. The van der Waals surface area contributed by atoms with Crippen molar-refractivity contribution < 1.29 is 19.2 Å². The number of quaternary nitrogens is 1. The van der Waals surface area contributed by atoms with Gasteiger partial charge in [-0.1, -0.05) is 36.4 Å². The van der Waals surface area contributed by atoms with Crippen molar-refractivity contribution in [2.24, 2.45) is 0 Å². The third kappa shape index (κ3) is 5.39. The van der Waals surface area contributed by atoms with E-state index in [9.17, 15) is 9.59 Å². The highest BCUT2D eigenvalue weighted by Gasteiger charge is 2.23. The number of carbonyl (C=O) groups is 2. The van der Waals surface area contributed by atoms with Crippen molar-refractivity contribution in [3.63, 3.8) is 0 Å². The average Bonchev–Trinajstić information content (AvgIpc) is 3.22. The lowest BCUT2D eigenvalue weighted by molar-refractivity contribution is -0.909. The molecule has 0 unspecified atom stereocenters. The lowest BCUT2D eigenvalue weighted by atomic mass is 10.1. The molecule has 1 aromatic heterocycles. The second-order valence-corrected chi connectivity index (χ2v) is 7.20. The number of morpholine rings is 1. The van der Waals surface area contributed by atoms with Crippen molar-refractivity contribution >= 4 is 23.2 Å². The summed E-state index contributed by atoms with van der Waals surface area (Å²) in [4.78, 5) is 26.4. The molecule has 1 saturated heterocycles. The van der Waals surface area contributed by atoms with Gasteiger partial charge >= 0.3 is 0 Å². The van der Waals surface area contributed by atoms with Gasteiger partial charge in [-0.05, 0) is 17.0 Å². The molecule has 26 heavy (non-hydrogen) atoms. The van der Waals surface area contributed by atoms with E-state index in [0.717, 1.165) is 38.4 Å². The van der Waals surface area contributed by atoms with Crippen LogP contribution in [-0.2, 0) is 9.53 Å². The van der Waals surface area contributed by atoms with Crippen LogP contribution in [0.1, 0.15) is 21.3 Å². The van der Waals surface area contributed by atoms with Crippen LogP contribution in [0.3, 0.4) is 0 Å². The Morgan fingerprint density at radius 2 is 1.88 bits per heavy atom. The van der Waals surface area contributed by atoms with Crippen LogP contribution in [0.5, 0.6) is 0 Å². The number of hydrogen-bond acceptors (Lipinski definition) is 4. The maximum Gasteiger partial charge on any atom is 0.261 e. The smallest absolute Gasteiger partial charge is 0.261 e. The van der Waals surface area contributed by atoms with Crippen LogP contribution < -0.4 is 15.5 Å². The van der Waals surface area contributed by atoms with E-state index in [1.807, 2.05) is 41.8 Å². The highest BCUT2D eigenvalue weighted by molar-refractivity contribution is 7.12. The molecule has 0 aliphatic carbocycles. The van der Waals surface area contributed by atoms with E-state index in [2.05, 4.69) is 10.6 Å². The van der Waals surface area contributed by atoms with Gasteiger partial charge in [0.1, 0.15) is 25.7 Å². The summed E-state index contributed by atoms with van der Waals surface area (Å²) in [6, 6.07) is 13.4. The highest BCUT2D eigenvalue weighted by Crippen LogP contribution is 2.11. The Morgan fingerprint density at radius 3 is 2.58 bits per heavy atom. The summed E-state index contributed by atoms with van der Waals surface area (Å²) in [6.07, 6.45) is 0. The fraction of sp³-hybridized carbons (Fsp3) is 0.368. The monoisotopic (exact) mass is 374 g/mol. The minimum Gasteiger partial charge on any atom is -0.370 e. The molecule has 1 atom stereocenters. The summed E-state index contributed by atoms with van der Waals surface area (Å²) in [5.74, 6) is -0.401. The molecule has 3 rings (SSSR count). The average molecular weight is 374 g/mol. The molecule has 138 valence electrons. The normalized spacial score (nSPS) is 16.0. The van der Waals surface area contributed by atoms with Crippen LogP contribution >= 0.6 is 11.3 Å². The molecule has 1 fully saturated rings. The fourth-order valence-electron chi connectivity index (χ4n) is 2.99. The minimum absolute atomic E-state index is 0.0293. The first kappa shape index (κ1) is 18.6. The van der Waals surface area contributed by atoms with E-state index >= 15 is 0 Å². The molecule has 1 aliphatic heterocycles. The van der Waals surface area contributed by atoms with Crippen LogP contribution in [0.25, 0.3) is 0 Å². The summed E-state index contributed by atoms with van der Waals surface area (Å²) in [7, 11) is 0. The van der Waals surface area contributed by atoms with E-state index in [1.54, 1.807) is 6.07 Å². The van der Waals surface area contributed by atoms with Crippen molar-refractivity contribution in [2.45, 2.75) is 6.04 Å². The second-order valence-electron chi connectivity index (χ2n) is 6.26. The first-order chi connectivity index (χ1) is 12.7. The largest absolute Gasteiger partial charge is 0.370 e. The Kier molecular flexibility index (Phi) is 6.76. The Morgan fingerprint density at radius 1 is 1.12 bits per heavy atom. The maximum absolute atomic E-state index is 12.4. The molecule has 3 N–H and O–H groups in total. The summed E-state index contributed by atoms with van der Waals surface area (Å²) in [5, 5.41) is 7.59. The molecule has 6 nitrogen and oxygen atoms in total. The summed E-state index contributed by atoms with van der Waals surface area (Å²) in [5.41, 5.74) is 1.07. The zero-order valence-electron chi connectivity index (χ0n) is 14.6. The molecule has 0 bridgehead atoms. The molecule has 2 heterocycles. The SMILES string of the molecule is O=C(CNC(=O)c1cccs1)N[C@@H](C[NH+]1CCOCC1)c1ccccc1. The molecule has 0 radical (unpaired) electrons. The molecule has 2 aromatic rings. The van der Waals surface area contributed by atoms with Crippen molar-refractivity contribution in [3.8, 4) is 0 Å². The third-order valence-corrected chi connectivity index (χ3v) is 5.25. The number of carbonyl (C=O) groups excluding carboxylic acids is 2. The van der Waals surface area contributed by atoms with Gasteiger partial charge in [0, 0.05) is 0 Å². The molecule has 1 aliphatic rings. The first-order valence-electron chi connectivity index (χ1n) is 8.79. The van der Waals surface area contributed by atoms with Crippen LogP contribution in [0.4, 0.5) is 0 Å². The Hall–Kier alpha value is -2.22. The topological polar surface area (TPSA) is 71.9 Å². The van der Waals surface area contributed by atoms with Gasteiger partial charge in [0.25, 0.3) is 5.91 Å². The van der Waals surface area contributed by atoms with Crippen LogP contribution in [0, 0.1) is 0 Å². The Bertz CT molecular complexity index is 700. The second kappa shape index (κ2) is 9.47. The summed E-state index contributed by atoms with van der Waals surface area (Å²) >= 11 is 1.36. The molecule has 0 spiro atoms. The Labute approximate surface area is 157 Å². The molecular formula is C19H24N3O3S+. The predicted molar refractivity (Wildman–Crippen MR) is 100 cm³/mol. The number of nitrogens with one attached hydrogen (secondary N) is 3. The van der Waals surface area contributed by atoms with Crippen molar-refractivity contribution in [1.29, 1.82) is 0 Å². The fourth-order valence-corrected chi connectivity index (χ4v) is 3.63. The lowest BCUT2D eigenvalue weighted by Gasteiger charge is -2.28. The van der Waals surface area contributed by atoms with Crippen molar-refractivity contribution in [3.05, 3.63) is 58.3 Å². The lowest BCUT2D eigenvalue weighted by Crippen LogP contribution is -3.14. The quantitative estimate of drug-likeness (QED) is 0.651.